The number of benzene rings is 1. The molecule has 2 aromatic carbocycles. The SMILES string of the molecule is CC(Nc1c(NCCc2ccc(C#N)cc2)c(=O)c1=O)C(C)(C)C. The van der Waals surface area contributed by atoms with Crippen molar-refractivity contribution in [3.63, 3.8) is 0 Å². The van der Waals surface area contributed by atoms with Crippen molar-refractivity contribution in [1.29, 1.82) is 5.26 Å². The van der Waals surface area contributed by atoms with Gasteiger partial charge in [0, 0.05) is 12.6 Å². The van der Waals surface area contributed by atoms with E-state index in [9.17, 15) is 9.59 Å². The summed E-state index contributed by atoms with van der Waals surface area (Å²) in [6.45, 7) is 8.78. The van der Waals surface area contributed by atoms with Crippen molar-refractivity contribution in [3.05, 3.63) is 55.8 Å². The summed E-state index contributed by atoms with van der Waals surface area (Å²) in [5.74, 6) is 0. The zero-order valence-corrected chi connectivity index (χ0v) is 14.6. The maximum absolute atomic E-state index is 11.8. The predicted octanol–water partition coefficient (Wildman–Crippen LogP) is 2.66. The first kappa shape index (κ1) is 17.7. The lowest BCUT2D eigenvalue weighted by atomic mass is 9.87. The minimum Gasteiger partial charge on any atom is -0.380 e. The third-order valence-electron chi connectivity index (χ3n) is 4.37. The first-order valence-corrected chi connectivity index (χ1v) is 8.07. The van der Waals surface area contributed by atoms with Gasteiger partial charge in [0.25, 0.3) is 10.9 Å². The Balaban J connectivity index is 1.98. The van der Waals surface area contributed by atoms with Crippen LogP contribution in [0.15, 0.2) is 33.9 Å². The molecule has 0 fully saturated rings. The molecule has 0 radical (unpaired) electrons. The maximum Gasteiger partial charge on any atom is 0.253 e. The molecule has 0 saturated heterocycles. The first-order chi connectivity index (χ1) is 11.2. The predicted molar refractivity (Wildman–Crippen MR) is 97.2 cm³/mol. The molecule has 0 aliphatic carbocycles. The van der Waals surface area contributed by atoms with Crippen LogP contribution in [0.4, 0.5) is 11.4 Å². The molecular formula is C19H23N3O2. The van der Waals surface area contributed by atoms with E-state index in [-0.39, 0.29) is 11.5 Å². The lowest BCUT2D eigenvalue weighted by Gasteiger charge is -2.30. The second-order valence-electron chi connectivity index (χ2n) is 7.13. The van der Waals surface area contributed by atoms with Gasteiger partial charge in [-0.1, -0.05) is 32.9 Å². The molecule has 0 amide bonds. The second-order valence-corrected chi connectivity index (χ2v) is 7.13. The topological polar surface area (TPSA) is 82.0 Å². The number of hydrogen-bond acceptors (Lipinski definition) is 5. The highest BCUT2D eigenvalue weighted by molar-refractivity contribution is 5.74. The van der Waals surface area contributed by atoms with Crippen molar-refractivity contribution in [2.75, 3.05) is 17.2 Å². The third-order valence-corrected chi connectivity index (χ3v) is 4.37. The quantitative estimate of drug-likeness (QED) is 0.798. The van der Waals surface area contributed by atoms with Gasteiger partial charge in [0.1, 0.15) is 11.4 Å². The largest absolute Gasteiger partial charge is 0.380 e. The maximum atomic E-state index is 11.8. The van der Waals surface area contributed by atoms with Gasteiger partial charge in [-0.2, -0.15) is 5.26 Å². The molecule has 0 bridgehead atoms. The number of nitrogens with one attached hydrogen (secondary N) is 2. The average Bonchev–Trinajstić information content (AvgIpc) is 2.56. The summed E-state index contributed by atoms with van der Waals surface area (Å²) < 4.78 is 0. The van der Waals surface area contributed by atoms with Gasteiger partial charge in [-0.15, -0.1) is 0 Å². The van der Waals surface area contributed by atoms with E-state index in [1.54, 1.807) is 12.1 Å². The molecule has 1 unspecified atom stereocenters. The summed E-state index contributed by atoms with van der Waals surface area (Å²) in [7, 11) is 0. The summed E-state index contributed by atoms with van der Waals surface area (Å²) in [4.78, 5) is 23.6. The Morgan fingerprint density at radius 3 is 2.21 bits per heavy atom. The van der Waals surface area contributed by atoms with Gasteiger partial charge >= 0.3 is 0 Å². The fourth-order valence-corrected chi connectivity index (χ4v) is 2.21. The second kappa shape index (κ2) is 6.88. The highest BCUT2D eigenvalue weighted by atomic mass is 16.2. The summed E-state index contributed by atoms with van der Waals surface area (Å²) >= 11 is 0. The van der Waals surface area contributed by atoms with Gasteiger partial charge in [-0.05, 0) is 36.5 Å². The van der Waals surface area contributed by atoms with E-state index in [1.807, 2.05) is 19.1 Å². The van der Waals surface area contributed by atoms with Gasteiger partial charge in [-0.3, -0.25) is 9.59 Å². The van der Waals surface area contributed by atoms with Gasteiger partial charge in [-0.25, -0.2) is 0 Å². The van der Waals surface area contributed by atoms with E-state index in [2.05, 4.69) is 37.5 Å². The van der Waals surface area contributed by atoms with Crippen LogP contribution in [0.2, 0.25) is 0 Å². The Bertz CT molecular complexity index is 816. The fraction of sp³-hybridized carbons (Fsp3) is 0.421. The van der Waals surface area contributed by atoms with Crippen molar-refractivity contribution in [3.8, 4) is 6.07 Å². The summed E-state index contributed by atoms with van der Waals surface area (Å²) in [6, 6.07) is 9.47. The normalized spacial score (nSPS) is 12.6. The minimum atomic E-state index is -0.460. The number of hydrogen-bond donors (Lipinski definition) is 2. The van der Waals surface area contributed by atoms with Crippen LogP contribution < -0.4 is 21.5 Å². The lowest BCUT2D eigenvalue weighted by molar-refractivity contribution is 0.359. The molecule has 5 nitrogen and oxygen atoms in total. The Morgan fingerprint density at radius 1 is 1.08 bits per heavy atom. The molecule has 0 aliphatic heterocycles. The van der Waals surface area contributed by atoms with Crippen LogP contribution in [0.3, 0.4) is 0 Å². The number of nitrogens with zero attached hydrogens (tertiary/aromatic N) is 1. The number of nitriles is 1. The zero-order chi connectivity index (χ0) is 17.9. The molecule has 0 saturated carbocycles. The van der Waals surface area contributed by atoms with Crippen molar-refractivity contribution in [2.24, 2.45) is 5.41 Å². The van der Waals surface area contributed by atoms with E-state index < -0.39 is 10.9 Å². The van der Waals surface area contributed by atoms with Crippen molar-refractivity contribution in [2.45, 2.75) is 40.2 Å². The molecule has 5 heteroatoms. The Kier molecular flexibility index (Phi) is 5.08. The van der Waals surface area contributed by atoms with E-state index in [4.69, 9.17) is 5.26 Å². The van der Waals surface area contributed by atoms with Crippen molar-refractivity contribution >= 4 is 11.4 Å². The fourth-order valence-electron chi connectivity index (χ4n) is 2.21. The molecule has 0 aromatic heterocycles. The van der Waals surface area contributed by atoms with Crippen LogP contribution >= 0.6 is 0 Å². The smallest absolute Gasteiger partial charge is 0.253 e. The Morgan fingerprint density at radius 2 is 1.67 bits per heavy atom. The molecule has 2 rings (SSSR count). The van der Waals surface area contributed by atoms with Crippen LogP contribution in [0, 0.1) is 16.7 Å². The van der Waals surface area contributed by atoms with E-state index in [0.717, 1.165) is 5.56 Å². The molecule has 2 aromatic rings. The Hall–Kier alpha value is -2.61. The molecule has 0 aliphatic rings. The van der Waals surface area contributed by atoms with E-state index >= 15 is 0 Å². The van der Waals surface area contributed by atoms with E-state index in [1.165, 1.54) is 0 Å². The zero-order valence-electron chi connectivity index (χ0n) is 14.6. The highest BCUT2D eigenvalue weighted by Gasteiger charge is 2.26. The number of anilines is 2. The minimum absolute atomic E-state index is 0.0144. The third kappa shape index (κ3) is 3.83. The van der Waals surface area contributed by atoms with Gasteiger partial charge < -0.3 is 10.6 Å². The van der Waals surface area contributed by atoms with Crippen LogP contribution in [-0.2, 0) is 6.42 Å². The molecular weight excluding hydrogens is 302 g/mol. The molecule has 1 atom stereocenters. The monoisotopic (exact) mass is 325 g/mol. The summed E-state index contributed by atoms with van der Waals surface area (Å²) in [5, 5.41) is 15.0. The van der Waals surface area contributed by atoms with Crippen molar-refractivity contribution in [1.82, 2.24) is 0 Å². The molecule has 24 heavy (non-hydrogen) atoms. The average molecular weight is 325 g/mol. The highest BCUT2D eigenvalue weighted by Crippen LogP contribution is 2.24. The van der Waals surface area contributed by atoms with Crippen LogP contribution in [0.25, 0.3) is 0 Å². The molecule has 126 valence electrons. The van der Waals surface area contributed by atoms with Crippen LogP contribution in [-0.4, -0.2) is 12.6 Å². The van der Waals surface area contributed by atoms with Crippen molar-refractivity contribution < 1.29 is 0 Å². The molecule has 0 spiro atoms. The van der Waals surface area contributed by atoms with Crippen LogP contribution in [0.1, 0.15) is 38.8 Å². The number of rotatable bonds is 6. The summed E-state index contributed by atoms with van der Waals surface area (Å²) in [6.07, 6.45) is 0.707. The summed E-state index contributed by atoms with van der Waals surface area (Å²) in [5.41, 5.74) is 1.53. The standard InChI is InChI=1S/C19H23N3O2/c1-12(19(2,3)4)22-16-15(17(23)18(16)24)21-10-9-13-5-7-14(11-20)8-6-13/h5-8,12,21-22H,9-10H2,1-4H3. The molecule has 0 heterocycles. The Labute approximate surface area is 142 Å². The van der Waals surface area contributed by atoms with Gasteiger partial charge in [0.05, 0.1) is 11.6 Å². The van der Waals surface area contributed by atoms with E-state index in [0.29, 0.717) is 29.9 Å². The molecule has 2 N–H and O–H groups in total. The van der Waals surface area contributed by atoms with Gasteiger partial charge in [0.2, 0.25) is 0 Å². The van der Waals surface area contributed by atoms with Crippen LogP contribution in [0.5, 0.6) is 0 Å². The first-order valence-electron chi connectivity index (χ1n) is 8.07. The lowest BCUT2D eigenvalue weighted by Crippen LogP contribution is -2.42. The van der Waals surface area contributed by atoms with Gasteiger partial charge in [0.15, 0.2) is 0 Å².